The summed E-state index contributed by atoms with van der Waals surface area (Å²) in [6.07, 6.45) is 2.08. The summed E-state index contributed by atoms with van der Waals surface area (Å²) in [5, 5.41) is 0. The minimum absolute atomic E-state index is 0.0971. The average Bonchev–Trinajstić information content (AvgIpc) is 2.78. The maximum Gasteiger partial charge on any atom is 0.199 e. The van der Waals surface area contributed by atoms with Crippen LogP contribution in [0.25, 0.3) is 0 Å². The van der Waals surface area contributed by atoms with Crippen LogP contribution in [0.3, 0.4) is 0 Å². The van der Waals surface area contributed by atoms with Crippen LogP contribution in [0.4, 0.5) is 17.6 Å². The highest BCUT2D eigenvalue weighted by atomic mass is 19.2. The topological polar surface area (TPSA) is 26.3 Å². The van der Waals surface area contributed by atoms with E-state index >= 15 is 0 Å². The van der Waals surface area contributed by atoms with E-state index in [1.807, 2.05) is 20.8 Å². The van der Waals surface area contributed by atoms with Crippen LogP contribution < -0.4 is 4.74 Å². The van der Waals surface area contributed by atoms with Crippen molar-refractivity contribution in [3.8, 4) is 5.75 Å². The standard InChI is InChI=1S/C25H30F4O2/c1-7-24(5,8-2)18-21(28)19(26)17(20(27)22(18)29)23(30)15-11-13-16(14-12-15)31-25(6,9-3)10-4/h11-14H,7-10H2,1-6H3. The van der Waals surface area contributed by atoms with E-state index in [0.29, 0.717) is 5.75 Å². The van der Waals surface area contributed by atoms with Crippen molar-refractivity contribution in [1.29, 1.82) is 0 Å². The first-order chi connectivity index (χ1) is 14.5. The van der Waals surface area contributed by atoms with Gasteiger partial charge in [-0.25, -0.2) is 17.6 Å². The summed E-state index contributed by atoms with van der Waals surface area (Å²) in [5.41, 5.74) is -3.47. The highest BCUT2D eigenvalue weighted by Gasteiger charge is 2.37. The van der Waals surface area contributed by atoms with E-state index < -0.39 is 51.2 Å². The molecule has 2 aromatic carbocycles. The second-order valence-electron chi connectivity index (χ2n) is 8.39. The number of benzene rings is 2. The maximum absolute atomic E-state index is 14.8. The van der Waals surface area contributed by atoms with Gasteiger partial charge in [0.1, 0.15) is 16.9 Å². The van der Waals surface area contributed by atoms with Gasteiger partial charge in [-0.15, -0.1) is 0 Å². The second kappa shape index (κ2) is 9.41. The molecule has 0 atom stereocenters. The predicted molar refractivity (Wildman–Crippen MR) is 114 cm³/mol. The van der Waals surface area contributed by atoms with Crippen molar-refractivity contribution in [3.63, 3.8) is 0 Å². The Morgan fingerprint density at radius 3 is 1.61 bits per heavy atom. The molecular formula is C25H30F4O2. The number of hydrogen-bond donors (Lipinski definition) is 0. The second-order valence-corrected chi connectivity index (χ2v) is 8.39. The molecule has 0 radical (unpaired) electrons. The quantitative estimate of drug-likeness (QED) is 0.230. The molecule has 0 aromatic heterocycles. The monoisotopic (exact) mass is 438 g/mol. The number of hydrogen-bond acceptors (Lipinski definition) is 2. The van der Waals surface area contributed by atoms with Gasteiger partial charge in [-0.1, -0.05) is 34.6 Å². The van der Waals surface area contributed by atoms with Gasteiger partial charge in [0.05, 0.1) is 0 Å². The molecule has 0 amide bonds. The molecule has 0 spiro atoms. The van der Waals surface area contributed by atoms with E-state index in [0.717, 1.165) is 12.8 Å². The van der Waals surface area contributed by atoms with Gasteiger partial charge in [0.15, 0.2) is 29.1 Å². The Kier molecular flexibility index (Phi) is 7.56. The van der Waals surface area contributed by atoms with Gasteiger partial charge in [-0.05, 0) is 62.3 Å². The molecule has 2 nitrogen and oxygen atoms in total. The summed E-state index contributed by atoms with van der Waals surface area (Å²) >= 11 is 0. The molecule has 0 aliphatic carbocycles. The first kappa shape index (κ1) is 24.9. The number of ether oxygens (including phenoxy) is 1. The molecule has 2 aromatic rings. The lowest BCUT2D eigenvalue weighted by Gasteiger charge is -2.29. The Morgan fingerprint density at radius 2 is 1.23 bits per heavy atom. The number of halogens is 4. The minimum atomic E-state index is -1.67. The molecule has 0 heterocycles. The van der Waals surface area contributed by atoms with Crippen LogP contribution in [0.5, 0.6) is 5.75 Å². The van der Waals surface area contributed by atoms with E-state index in [-0.39, 0.29) is 18.4 Å². The molecular weight excluding hydrogens is 408 g/mol. The van der Waals surface area contributed by atoms with Crippen LogP contribution in [0.15, 0.2) is 24.3 Å². The molecule has 0 aliphatic rings. The fourth-order valence-electron chi connectivity index (χ4n) is 3.46. The van der Waals surface area contributed by atoms with Crippen LogP contribution in [0.1, 0.15) is 88.7 Å². The Balaban J connectivity index is 2.49. The number of ketones is 1. The van der Waals surface area contributed by atoms with Gasteiger partial charge >= 0.3 is 0 Å². The molecule has 0 fully saturated rings. The Hall–Kier alpha value is -2.37. The van der Waals surface area contributed by atoms with Crippen molar-refractivity contribution in [2.24, 2.45) is 0 Å². The SMILES string of the molecule is CCC(C)(CC)Oc1ccc(C(=O)c2c(F)c(F)c(C(C)(CC)CC)c(F)c2F)cc1. The molecule has 6 heteroatoms. The lowest BCUT2D eigenvalue weighted by Crippen LogP contribution is -2.30. The third-order valence-electron chi connectivity index (χ3n) is 6.63. The van der Waals surface area contributed by atoms with Crippen molar-refractivity contribution in [1.82, 2.24) is 0 Å². The summed E-state index contributed by atoms with van der Waals surface area (Å²) in [5.74, 6) is -7.02. The Labute approximate surface area is 181 Å². The Morgan fingerprint density at radius 1 is 0.774 bits per heavy atom. The summed E-state index contributed by atoms with van der Waals surface area (Å²) < 4.78 is 65.2. The molecule has 0 aliphatic heterocycles. The van der Waals surface area contributed by atoms with Gasteiger partial charge in [0, 0.05) is 11.1 Å². The first-order valence-corrected chi connectivity index (χ1v) is 10.7. The van der Waals surface area contributed by atoms with E-state index in [9.17, 15) is 22.4 Å². The molecule has 0 saturated heterocycles. The van der Waals surface area contributed by atoms with Gasteiger partial charge in [-0.2, -0.15) is 0 Å². The van der Waals surface area contributed by atoms with E-state index in [4.69, 9.17) is 4.74 Å². The fraction of sp³-hybridized carbons (Fsp3) is 0.480. The normalized spacial score (nSPS) is 12.2. The lowest BCUT2D eigenvalue weighted by atomic mass is 9.76. The van der Waals surface area contributed by atoms with Gasteiger partial charge < -0.3 is 4.74 Å². The zero-order chi connectivity index (χ0) is 23.6. The number of carbonyl (C=O) groups is 1. The minimum Gasteiger partial charge on any atom is -0.488 e. The van der Waals surface area contributed by atoms with Crippen molar-refractivity contribution in [2.45, 2.75) is 78.2 Å². The summed E-state index contributed by atoms with van der Waals surface area (Å²) in [6.45, 7) is 10.8. The predicted octanol–water partition coefficient (Wildman–Crippen LogP) is 7.51. The number of carbonyl (C=O) groups excluding carboxylic acids is 1. The van der Waals surface area contributed by atoms with Crippen LogP contribution in [-0.2, 0) is 5.41 Å². The van der Waals surface area contributed by atoms with Crippen molar-refractivity contribution in [3.05, 3.63) is 64.2 Å². The maximum atomic E-state index is 14.8. The smallest absolute Gasteiger partial charge is 0.199 e. The average molecular weight is 439 g/mol. The van der Waals surface area contributed by atoms with E-state index in [2.05, 4.69) is 0 Å². The largest absolute Gasteiger partial charge is 0.488 e. The lowest BCUT2D eigenvalue weighted by molar-refractivity contribution is 0.0803. The first-order valence-electron chi connectivity index (χ1n) is 10.7. The fourth-order valence-corrected chi connectivity index (χ4v) is 3.46. The van der Waals surface area contributed by atoms with Crippen molar-refractivity contribution < 1.29 is 27.1 Å². The Bertz CT molecular complexity index is 914. The third-order valence-corrected chi connectivity index (χ3v) is 6.63. The van der Waals surface area contributed by atoms with Crippen molar-refractivity contribution >= 4 is 5.78 Å². The molecule has 2 rings (SSSR count). The van der Waals surface area contributed by atoms with Gasteiger partial charge in [0.2, 0.25) is 0 Å². The van der Waals surface area contributed by atoms with Crippen LogP contribution >= 0.6 is 0 Å². The third kappa shape index (κ3) is 4.63. The highest BCUT2D eigenvalue weighted by molar-refractivity contribution is 6.09. The molecule has 31 heavy (non-hydrogen) atoms. The van der Waals surface area contributed by atoms with E-state index in [1.165, 1.54) is 31.2 Å². The molecule has 0 bridgehead atoms. The van der Waals surface area contributed by atoms with Crippen LogP contribution in [-0.4, -0.2) is 11.4 Å². The van der Waals surface area contributed by atoms with Gasteiger partial charge in [0.25, 0.3) is 0 Å². The van der Waals surface area contributed by atoms with Gasteiger partial charge in [-0.3, -0.25) is 4.79 Å². The summed E-state index contributed by atoms with van der Waals surface area (Å²) in [6, 6.07) is 5.65. The summed E-state index contributed by atoms with van der Waals surface area (Å²) in [4.78, 5) is 12.7. The number of rotatable bonds is 9. The molecule has 0 N–H and O–H groups in total. The van der Waals surface area contributed by atoms with Crippen molar-refractivity contribution in [2.75, 3.05) is 0 Å². The zero-order valence-electron chi connectivity index (χ0n) is 19.0. The van der Waals surface area contributed by atoms with Crippen LogP contribution in [0.2, 0.25) is 0 Å². The molecule has 170 valence electrons. The van der Waals surface area contributed by atoms with Crippen LogP contribution in [0, 0.1) is 23.3 Å². The molecule has 0 unspecified atom stereocenters. The highest BCUT2D eigenvalue weighted by Crippen LogP contribution is 2.38. The summed E-state index contributed by atoms with van der Waals surface area (Å²) in [7, 11) is 0. The van der Waals surface area contributed by atoms with E-state index in [1.54, 1.807) is 13.8 Å². The molecule has 0 saturated carbocycles. The zero-order valence-corrected chi connectivity index (χ0v) is 19.0.